The minimum atomic E-state index is 0.150. The quantitative estimate of drug-likeness (QED) is 0.793. The number of amides is 1. The fraction of sp³-hybridized carbons (Fsp3) is 0.882. The van der Waals surface area contributed by atoms with E-state index in [0.717, 1.165) is 32.2 Å². The Balaban J connectivity index is 1.80. The SMILES string of the molecule is CC(=O)CC1CCCCN1CC(=O)NC1CCCCCC1. The number of Topliss-reactive ketones (excluding diaryl/α,β-unsaturated/α-hetero) is 1. The van der Waals surface area contributed by atoms with Crippen LogP contribution in [0.15, 0.2) is 0 Å². The molecule has 1 unspecified atom stereocenters. The van der Waals surface area contributed by atoms with Gasteiger partial charge in [0.05, 0.1) is 6.54 Å². The molecule has 120 valence electrons. The standard InChI is InChI=1S/C17H30N2O2/c1-14(20)12-16-10-6-7-11-19(16)13-17(21)18-15-8-4-2-3-5-9-15/h15-16H,2-13H2,1H3,(H,18,21). The van der Waals surface area contributed by atoms with Gasteiger partial charge < -0.3 is 5.32 Å². The molecular formula is C17H30N2O2. The van der Waals surface area contributed by atoms with Crippen molar-refractivity contribution < 1.29 is 9.59 Å². The average Bonchev–Trinajstić information content (AvgIpc) is 2.69. The van der Waals surface area contributed by atoms with Gasteiger partial charge in [-0.15, -0.1) is 0 Å². The summed E-state index contributed by atoms with van der Waals surface area (Å²) in [4.78, 5) is 25.9. The van der Waals surface area contributed by atoms with Crippen LogP contribution in [0, 0.1) is 0 Å². The minimum Gasteiger partial charge on any atom is -0.352 e. The summed E-state index contributed by atoms with van der Waals surface area (Å²) in [7, 11) is 0. The van der Waals surface area contributed by atoms with Crippen LogP contribution in [0.4, 0.5) is 0 Å². The first-order chi connectivity index (χ1) is 10.1. The van der Waals surface area contributed by atoms with Gasteiger partial charge in [0.25, 0.3) is 0 Å². The molecular weight excluding hydrogens is 264 g/mol. The molecule has 1 saturated heterocycles. The molecule has 1 N–H and O–H groups in total. The van der Waals surface area contributed by atoms with Crippen LogP contribution in [0.5, 0.6) is 0 Å². The lowest BCUT2D eigenvalue weighted by Crippen LogP contribution is -2.48. The molecule has 0 aromatic carbocycles. The summed E-state index contributed by atoms with van der Waals surface area (Å²) < 4.78 is 0. The zero-order valence-corrected chi connectivity index (χ0v) is 13.4. The number of carbonyl (C=O) groups is 2. The van der Waals surface area contributed by atoms with E-state index >= 15 is 0 Å². The highest BCUT2D eigenvalue weighted by Crippen LogP contribution is 2.20. The van der Waals surface area contributed by atoms with Gasteiger partial charge in [-0.1, -0.05) is 32.1 Å². The van der Waals surface area contributed by atoms with Crippen LogP contribution in [-0.4, -0.2) is 41.8 Å². The minimum absolute atomic E-state index is 0.150. The molecule has 4 nitrogen and oxygen atoms in total. The molecule has 2 fully saturated rings. The Morgan fingerprint density at radius 2 is 1.67 bits per heavy atom. The van der Waals surface area contributed by atoms with Crippen molar-refractivity contribution in [3.05, 3.63) is 0 Å². The lowest BCUT2D eigenvalue weighted by Gasteiger charge is -2.35. The molecule has 1 aliphatic heterocycles. The van der Waals surface area contributed by atoms with Crippen molar-refractivity contribution in [2.75, 3.05) is 13.1 Å². The lowest BCUT2D eigenvalue weighted by atomic mass is 9.98. The van der Waals surface area contributed by atoms with Gasteiger partial charge >= 0.3 is 0 Å². The molecule has 0 aromatic heterocycles. The van der Waals surface area contributed by atoms with Gasteiger partial charge in [0, 0.05) is 18.5 Å². The van der Waals surface area contributed by atoms with Crippen molar-refractivity contribution in [1.82, 2.24) is 10.2 Å². The first kappa shape index (κ1) is 16.5. The average molecular weight is 294 g/mol. The Morgan fingerprint density at radius 3 is 2.33 bits per heavy atom. The third-order valence-corrected chi connectivity index (χ3v) is 4.84. The van der Waals surface area contributed by atoms with Gasteiger partial charge in [0.1, 0.15) is 5.78 Å². The van der Waals surface area contributed by atoms with Crippen LogP contribution in [0.1, 0.15) is 71.1 Å². The van der Waals surface area contributed by atoms with Crippen LogP contribution in [-0.2, 0) is 9.59 Å². The third-order valence-electron chi connectivity index (χ3n) is 4.84. The van der Waals surface area contributed by atoms with Gasteiger partial charge in [-0.05, 0) is 39.2 Å². The Labute approximate surface area is 128 Å². The summed E-state index contributed by atoms with van der Waals surface area (Å²) in [6, 6.07) is 0.646. The van der Waals surface area contributed by atoms with Crippen molar-refractivity contribution in [1.29, 1.82) is 0 Å². The maximum absolute atomic E-state index is 12.3. The Morgan fingerprint density at radius 1 is 1.00 bits per heavy atom. The largest absolute Gasteiger partial charge is 0.352 e. The van der Waals surface area contributed by atoms with E-state index in [4.69, 9.17) is 0 Å². The van der Waals surface area contributed by atoms with E-state index in [9.17, 15) is 9.59 Å². The van der Waals surface area contributed by atoms with E-state index < -0.39 is 0 Å². The normalized spacial score (nSPS) is 25.3. The second-order valence-corrected chi connectivity index (χ2v) is 6.78. The fourth-order valence-corrected chi connectivity index (χ4v) is 3.71. The van der Waals surface area contributed by atoms with Crippen LogP contribution in [0.3, 0.4) is 0 Å². The molecule has 1 heterocycles. The monoisotopic (exact) mass is 294 g/mol. The van der Waals surface area contributed by atoms with Crippen molar-refractivity contribution >= 4 is 11.7 Å². The first-order valence-electron chi connectivity index (χ1n) is 8.68. The Bertz CT molecular complexity index is 349. The number of rotatable bonds is 5. The number of hydrogen-bond acceptors (Lipinski definition) is 3. The summed E-state index contributed by atoms with van der Waals surface area (Å²) in [6.45, 7) is 3.07. The van der Waals surface area contributed by atoms with Gasteiger partial charge in [-0.3, -0.25) is 14.5 Å². The number of ketones is 1. The van der Waals surface area contributed by atoms with E-state index in [1.54, 1.807) is 6.92 Å². The van der Waals surface area contributed by atoms with E-state index in [-0.39, 0.29) is 17.7 Å². The number of nitrogens with one attached hydrogen (secondary N) is 1. The molecule has 1 atom stereocenters. The number of piperidine rings is 1. The fourth-order valence-electron chi connectivity index (χ4n) is 3.71. The zero-order chi connectivity index (χ0) is 15.1. The van der Waals surface area contributed by atoms with Gasteiger partial charge in [-0.2, -0.15) is 0 Å². The summed E-state index contributed by atoms with van der Waals surface area (Å²) in [5.41, 5.74) is 0. The molecule has 2 aliphatic rings. The van der Waals surface area contributed by atoms with Crippen LogP contribution in [0.25, 0.3) is 0 Å². The molecule has 0 bridgehead atoms. The smallest absolute Gasteiger partial charge is 0.234 e. The van der Waals surface area contributed by atoms with Gasteiger partial charge in [0.15, 0.2) is 0 Å². The summed E-state index contributed by atoms with van der Waals surface area (Å²) in [5.74, 6) is 0.383. The molecule has 0 aromatic rings. The van der Waals surface area contributed by atoms with E-state index in [1.807, 2.05) is 0 Å². The van der Waals surface area contributed by atoms with Gasteiger partial charge in [0.2, 0.25) is 5.91 Å². The first-order valence-corrected chi connectivity index (χ1v) is 8.68. The molecule has 2 rings (SSSR count). The summed E-state index contributed by atoms with van der Waals surface area (Å²) in [6.07, 6.45) is 11.3. The highest BCUT2D eigenvalue weighted by atomic mass is 16.2. The molecule has 1 saturated carbocycles. The maximum Gasteiger partial charge on any atom is 0.234 e. The van der Waals surface area contributed by atoms with E-state index in [1.165, 1.54) is 32.1 Å². The van der Waals surface area contributed by atoms with E-state index in [0.29, 0.717) is 19.0 Å². The number of likely N-dealkylation sites (tertiary alicyclic amines) is 1. The van der Waals surface area contributed by atoms with Gasteiger partial charge in [-0.25, -0.2) is 0 Å². The second kappa shape index (κ2) is 8.52. The molecule has 0 spiro atoms. The van der Waals surface area contributed by atoms with Crippen LogP contribution >= 0.6 is 0 Å². The Hall–Kier alpha value is -0.900. The zero-order valence-electron chi connectivity index (χ0n) is 13.4. The maximum atomic E-state index is 12.3. The van der Waals surface area contributed by atoms with Crippen molar-refractivity contribution in [2.24, 2.45) is 0 Å². The topological polar surface area (TPSA) is 49.4 Å². The van der Waals surface area contributed by atoms with E-state index in [2.05, 4.69) is 10.2 Å². The lowest BCUT2D eigenvalue weighted by molar-refractivity contribution is -0.125. The van der Waals surface area contributed by atoms with Crippen LogP contribution < -0.4 is 5.32 Å². The number of hydrogen-bond donors (Lipinski definition) is 1. The Kier molecular flexibility index (Phi) is 6.68. The van der Waals surface area contributed by atoms with Crippen molar-refractivity contribution in [3.63, 3.8) is 0 Å². The molecule has 1 aliphatic carbocycles. The number of carbonyl (C=O) groups excluding carboxylic acids is 2. The third kappa shape index (κ3) is 5.77. The van der Waals surface area contributed by atoms with Crippen molar-refractivity contribution in [3.8, 4) is 0 Å². The highest BCUT2D eigenvalue weighted by Gasteiger charge is 2.26. The molecule has 4 heteroatoms. The molecule has 0 radical (unpaired) electrons. The van der Waals surface area contributed by atoms with Crippen molar-refractivity contribution in [2.45, 2.75) is 83.2 Å². The summed E-state index contributed by atoms with van der Waals surface area (Å²) >= 11 is 0. The van der Waals surface area contributed by atoms with Crippen LogP contribution in [0.2, 0.25) is 0 Å². The predicted octanol–water partition coefficient (Wildman–Crippen LogP) is 2.66. The molecule has 21 heavy (non-hydrogen) atoms. The number of nitrogens with zero attached hydrogens (tertiary/aromatic N) is 1. The predicted molar refractivity (Wildman–Crippen MR) is 84.1 cm³/mol. The highest BCUT2D eigenvalue weighted by molar-refractivity contribution is 5.79. The molecule has 1 amide bonds. The summed E-state index contributed by atoms with van der Waals surface area (Å²) in [5, 5.41) is 3.21. The second-order valence-electron chi connectivity index (χ2n) is 6.78.